The molecule has 0 bridgehead atoms. The van der Waals surface area contributed by atoms with Gasteiger partial charge in [-0.2, -0.15) is 0 Å². The molecule has 0 fully saturated rings. The molecule has 0 radical (unpaired) electrons. The molecule has 9 heteroatoms. The molecule has 0 saturated carbocycles. The first-order valence-corrected chi connectivity index (χ1v) is 9.77. The van der Waals surface area contributed by atoms with Gasteiger partial charge in [0, 0.05) is 32.5 Å². The molecule has 3 heterocycles. The number of furan rings is 1. The highest BCUT2D eigenvalue weighted by Gasteiger charge is 2.25. The van der Waals surface area contributed by atoms with E-state index in [2.05, 4.69) is 10.6 Å². The Morgan fingerprint density at radius 3 is 2.68 bits per heavy atom. The number of hydrogen-bond donors (Lipinski definition) is 2. The molecule has 0 aliphatic rings. The summed E-state index contributed by atoms with van der Waals surface area (Å²) in [4.78, 5) is 29.5. The summed E-state index contributed by atoms with van der Waals surface area (Å²) in [7, 11) is 5.27. The van der Waals surface area contributed by atoms with Crippen LogP contribution in [0.2, 0.25) is 0 Å². The standard InChI is InChI=1S/C22H23N5O4/c1-5-23-21(28)14-12-26(2)18(19(14)30-4)20-25-15-11-13(8-9-16(15)27(20)3)24-22(29)17-7-6-10-31-17/h6-12H,5H2,1-4H3,(H,23,28)(H,24,29). The van der Waals surface area contributed by atoms with E-state index >= 15 is 0 Å². The van der Waals surface area contributed by atoms with Crippen molar-refractivity contribution in [3.63, 3.8) is 0 Å². The zero-order chi connectivity index (χ0) is 22.1. The fourth-order valence-corrected chi connectivity index (χ4v) is 3.58. The lowest BCUT2D eigenvalue weighted by Gasteiger charge is -2.08. The van der Waals surface area contributed by atoms with Gasteiger partial charge in [0.15, 0.2) is 17.3 Å². The van der Waals surface area contributed by atoms with Gasteiger partial charge in [0.05, 0.1) is 30.0 Å². The molecule has 160 valence electrons. The van der Waals surface area contributed by atoms with Crippen LogP contribution in [0.5, 0.6) is 5.75 Å². The van der Waals surface area contributed by atoms with Crippen LogP contribution in [0.15, 0.2) is 47.2 Å². The third-order valence-electron chi connectivity index (χ3n) is 5.02. The van der Waals surface area contributed by atoms with Crippen LogP contribution in [0.4, 0.5) is 5.69 Å². The Morgan fingerprint density at radius 2 is 2.00 bits per heavy atom. The van der Waals surface area contributed by atoms with Crippen LogP contribution < -0.4 is 15.4 Å². The largest absolute Gasteiger partial charge is 0.494 e. The van der Waals surface area contributed by atoms with Gasteiger partial charge in [0.1, 0.15) is 5.69 Å². The Hall–Kier alpha value is -4.01. The van der Waals surface area contributed by atoms with Crippen molar-refractivity contribution < 1.29 is 18.7 Å². The molecule has 4 rings (SSSR count). The number of anilines is 1. The maximum Gasteiger partial charge on any atom is 0.291 e. The number of ether oxygens (including phenoxy) is 1. The summed E-state index contributed by atoms with van der Waals surface area (Å²) < 4.78 is 14.5. The fraction of sp³-hybridized carbons (Fsp3) is 0.227. The van der Waals surface area contributed by atoms with E-state index in [0.717, 1.165) is 5.52 Å². The summed E-state index contributed by atoms with van der Waals surface area (Å²) in [6.07, 6.45) is 3.18. The topological polar surface area (TPSA) is 103 Å². The van der Waals surface area contributed by atoms with E-state index in [-0.39, 0.29) is 17.6 Å². The monoisotopic (exact) mass is 421 g/mol. The van der Waals surface area contributed by atoms with E-state index in [9.17, 15) is 9.59 Å². The first-order valence-electron chi connectivity index (χ1n) is 9.77. The molecular formula is C22H23N5O4. The van der Waals surface area contributed by atoms with Gasteiger partial charge in [-0.15, -0.1) is 0 Å². The highest BCUT2D eigenvalue weighted by Crippen LogP contribution is 2.35. The number of aromatic nitrogens is 3. The second-order valence-electron chi connectivity index (χ2n) is 7.02. The van der Waals surface area contributed by atoms with E-state index in [1.165, 1.54) is 13.4 Å². The van der Waals surface area contributed by atoms with Gasteiger partial charge in [-0.3, -0.25) is 9.59 Å². The Kier molecular flexibility index (Phi) is 5.24. The van der Waals surface area contributed by atoms with Crippen LogP contribution in [0.1, 0.15) is 27.8 Å². The van der Waals surface area contributed by atoms with E-state index in [4.69, 9.17) is 14.1 Å². The number of aryl methyl sites for hydroxylation is 2. The van der Waals surface area contributed by atoms with Crippen LogP contribution in [-0.2, 0) is 14.1 Å². The molecule has 2 amide bonds. The summed E-state index contributed by atoms with van der Waals surface area (Å²) in [5.74, 6) is 0.782. The van der Waals surface area contributed by atoms with Crippen molar-refractivity contribution in [3.05, 3.63) is 54.1 Å². The number of amides is 2. The van der Waals surface area contributed by atoms with E-state index in [1.54, 1.807) is 30.5 Å². The summed E-state index contributed by atoms with van der Waals surface area (Å²) in [5.41, 5.74) is 3.29. The van der Waals surface area contributed by atoms with Crippen LogP contribution >= 0.6 is 0 Å². The number of fused-ring (bicyclic) bond motifs is 1. The first kappa shape index (κ1) is 20.3. The Labute approximate surface area is 178 Å². The molecule has 0 spiro atoms. The predicted octanol–water partition coefficient (Wildman–Crippen LogP) is 3.18. The molecule has 0 atom stereocenters. The summed E-state index contributed by atoms with van der Waals surface area (Å²) in [5, 5.41) is 5.61. The highest BCUT2D eigenvalue weighted by atomic mass is 16.5. The first-order chi connectivity index (χ1) is 14.9. The highest BCUT2D eigenvalue weighted by molar-refractivity contribution is 6.03. The van der Waals surface area contributed by atoms with Gasteiger partial charge in [0.25, 0.3) is 11.8 Å². The lowest BCUT2D eigenvalue weighted by atomic mass is 10.2. The minimum atomic E-state index is -0.337. The van der Waals surface area contributed by atoms with Crippen molar-refractivity contribution in [2.45, 2.75) is 6.92 Å². The number of nitrogens with one attached hydrogen (secondary N) is 2. The Bertz CT molecular complexity index is 1270. The maximum absolute atomic E-state index is 12.4. The van der Waals surface area contributed by atoms with Gasteiger partial charge < -0.3 is 28.9 Å². The van der Waals surface area contributed by atoms with Crippen LogP contribution in [0.25, 0.3) is 22.6 Å². The van der Waals surface area contributed by atoms with Gasteiger partial charge in [0.2, 0.25) is 0 Å². The number of methoxy groups -OCH3 is 1. The number of benzene rings is 1. The molecule has 0 aliphatic carbocycles. The summed E-state index contributed by atoms with van der Waals surface area (Å²) in [6.45, 7) is 2.38. The number of hydrogen-bond acceptors (Lipinski definition) is 5. The van der Waals surface area contributed by atoms with Crippen LogP contribution in [-0.4, -0.2) is 39.6 Å². The van der Waals surface area contributed by atoms with Crippen molar-refractivity contribution in [1.29, 1.82) is 0 Å². The second kappa shape index (κ2) is 8.02. The molecule has 2 N–H and O–H groups in total. The maximum atomic E-state index is 12.4. The van der Waals surface area contributed by atoms with E-state index < -0.39 is 0 Å². The quantitative estimate of drug-likeness (QED) is 0.498. The van der Waals surface area contributed by atoms with Crippen molar-refractivity contribution in [3.8, 4) is 17.3 Å². The van der Waals surface area contributed by atoms with Gasteiger partial charge >= 0.3 is 0 Å². The minimum Gasteiger partial charge on any atom is -0.494 e. The Balaban J connectivity index is 1.75. The van der Waals surface area contributed by atoms with Crippen molar-refractivity contribution in [1.82, 2.24) is 19.4 Å². The number of rotatable bonds is 6. The zero-order valence-electron chi connectivity index (χ0n) is 17.7. The number of imidazole rings is 1. The SMILES string of the molecule is CCNC(=O)c1cn(C)c(-c2nc3cc(NC(=O)c4ccco4)ccc3n2C)c1OC. The van der Waals surface area contributed by atoms with Crippen molar-refractivity contribution in [2.24, 2.45) is 14.1 Å². The minimum absolute atomic E-state index is 0.206. The number of carbonyl (C=O) groups excluding carboxylic acids is 2. The number of carbonyl (C=O) groups is 2. The third-order valence-corrected chi connectivity index (χ3v) is 5.02. The molecule has 0 aliphatic heterocycles. The zero-order valence-corrected chi connectivity index (χ0v) is 17.7. The second-order valence-corrected chi connectivity index (χ2v) is 7.02. The molecular weight excluding hydrogens is 398 g/mol. The fourth-order valence-electron chi connectivity index (χ4n) is 3.58. The number of nitrogens with zero attached hydrogens (tertiary/aromatic N) is 3. The van der Waals surface area contributed by atoms with E-state index in [0.29, 0.717) is 40.6 Å². The molecule has 3 aromatic heterocycles. The lowest BCUT2D eigenvalue weighted by molar-refractivity contribution is 0.0951. The Morgan fingerprint density at radius 1 is 1.19 bits per heavy atom. The normalized spacial score (nSPS) is 11.0. The molecule has 9 nitrogen and oxygen atoms in total. The van der Waals surface area contributed by atoms with Gasteiger partial charge in [-0.25, -0.2) is 4.98 Å². The third kappa shape index (κ3) is 3.54. The average molecular weight is 421 g/mol. The summed E-state index contributed by atoms with van der Waals surface area (Å²) >= 11 is 0. The molecule has 1 aromatic carbocycles. The molecule has 0 saturated heterocycles. The van der Waals surface area contributed by atoms with Crippen molar-refractivity contribution >= 4 is 28.5 Å². The smallest absolute Gasteiger partial charge is 0.291 e. The molecule has 31 heavy (non-hydrogen) atoms. The predicted molar refractivity (Wildman–Crippen MR) is 116 cm³/mol. The van der Waals surface area contributed by atoms with Gasteiger partial charge in [-0.05, 0) is 37.3 Å². The van der Waals surface area contributed by atoms with Gasteiger partial charge in [-0.1, -0.05) is 0 Å². The molecule has 4 aromatic rings. The van der Waals surface area contributed by atoms with Crippen molar-refractivity contribution in [2.75, 3.05) is 19.0 Å². The van der Waals surface area contributed by atoms with E-state index in [1.807, 2.05) is 36.2 Å². The lowest BCUT2D eigenvalue weighted by Crippen LogP contribution is -2.22. The molecule has 0 unspecified atom stereocenters. The van der Waals surface area contributed by atoms with Crippen LogP contribution in [0, 0.1) is 0 Å². The van der Waals surface area contributed by atoms with Crippen LogP contribution in [0.3, 0.4) is 0 Å². The summed E-state index contributed by atoms with van der Waals surface area (Å²) in [6, 6.07) is 8.73. The average Bonchev–Trinajstić information content (AvgIpc) is 3.46.